The molecule has 3 aromatic rings. The predicted octanol–water partition coefficient (Wildman–Crippen LogP) is 2.66. The summed E-state index contributed by atoms with van der Waals surface area (Å²) in [6, 6.07) is 11.3. The number of aromatic nitrogens is 3. The highest BCUT2D eigenvalue weighted by Gasteiger charge is 2.10. The van der Waals surface area contributed by atoms with E-state index in [1.54, 1.807) is 48.3 Å². The van der Waals surface area contributed by atoms with E-state index in [4.69, 9.17) is 9.47 Å². The van der Waals surface area contributed by atoms with Crippen LogP contribution in [0.5, 0.6) is 11.5 Å². The number of nitrogens with one attached hydrogen (secondary N) is 1. The van der Waals surface area contributed by atoms with Crippen molar-refractivity contribution < 1.29 is 18.7 Å². The van der Waals surface area contributed by atoms with Crippen LogP contribution in [0.2, 0.25) is 0 Å². The molecule has 1 amide bonds. The first kappa shape index (κ1) is 18.4. The van der Waals surface area contributed by atoms with Gasteiger partial charge in [0.25, 0.3) is 0 Å². The Bertz CT molecular complexity index is 925. The molecule has 3 rings (SSSR count). The third-order valence-electron chi connectivity index (χ3n) is 3.85. The first-order valence-electron chi connectivity index (χ1n) is 8.22. The molecule has 27 heavy (non-hydrogen) atoms. The van der Waals surface area contributed by atoms with Gasteiger partial charge >= 0.3 is 0 Å². The van der Waals surface area contributed by atoms with E-state index in [1.807, 2.05) is 0 Å². The van der Waals surface area contributed by atoms with Gasteiger partial charge in [0.15, 0.2) is 11.5 Å². The number of halogens is 1. The van der Waals surface area contributed by atoms with Gasteiger partial charge in [0, 0.05) is 18.0 Å². The van der Waals surface area contributed by atoms with Gasteiger partial charge in [-0.2, -0.15) is 0 Å². The van der Waals surface area contributed by atoms with Gasteiger partial charge < -0.3 is 14.8 Å². The highest BCUT2D eigenvalue weighted by Crippen LogP contribution is 2.29. The molecule has 8 heteroatoms. The Labute approximate surface area is 155 Å². The summed E-state index contributed by atoms with van der Waals surface area (Å²) in [5.74, 6) is 0.598. The van der Waals surface area contributed by atoms with Gasteiger partial charge in [-0.3, -0.25) is 4.79 Å². The second-order valence-corrected chi connectivity index (χ2v) is 5.83. The van der Waals surface area contributed by atoms with E-state index < -0.39 is 0 Å². The van der Waals surface area contributed by atoms with Crippen LogP contribution in [0.3, 0.4) is 0 Å². The van der Waals surface area contributed by atoms with E-state index in [1.165, 1.54) is 19.2 Å². The predicted molar refractivity (Wildman–Crippen MR) is 97.4 cm³/mol. The molecule has 0 atom stereocenters. The lowest BCUT2D eigenvalue weighted by Gasteiger charge is -2.10. The monoisotopic (exact) mass is 370 g/mol. The second-order valence-electron chi connectivity index (χ2n) is 5.83. The number of anilines is 1. The SMILES string of the molecule is COc1ccc(NC(=O)Cc2cn(Cc3ccc(F)cc3)nn2)cc1OC. The molecular weight excluding hydrogens is 351 g/mol. The molecule has 0 saturated heterocycles. The Morgan fingerprint density at radius 2 is 1.85 bits per heavy atom. The van der Waals surface area contributed by atoms with Crippen molar-refractivity contribution in [3.8, 4) is 11.5 Å². The fourth-order valence-corrected chi connectivity index (χ4v) is 2.56. The van der Waals surface area contributed by atoms with Crippen LogP contribution in [0.1, 0.15) is 11.3 Å². The maximum atomic E-state index is 12.9. The van der Waals surface area contributed by atoms with Gasteiger partial charge in [0.1, 0.15) is 5.82 Å². The molecule has 1 aromatic heterocycles. The van der Waals surface area contributed by atoms with Crippen LogP contribution in [0.4, 0.5) is 10.1 Å². The van der Waals surface area contributed by atoms with Crippen molar-refractivity contribution >= 4 is 11.6 Å². The molecule has 2 aromatic carbocycles. The first-order chi connectivity index (χ1) is 13.1. The average Bonchev–Trinajstić information content (AvgIpc) is 3.10. The van der Waals surface area contributed by atoms with Gasteiger partial charge in [-0.05, 0) is 29.8 Å². The standard InChI is InChI=1S/C19H19FN4O3/c1-26-17-8-7-15(9-18(17)27-2)21-19(25)10-16-12-24(23-22-16)11-13-3-5-14(20)6-4-13/h3-9,12H,10-11H2,1-2H3,(H,21,25). The van der Waals surface area contributed by atoms with Gasteiger partial charge in [-0.1, -0.05) is 17.3 Å². The minimum Gasteiger partial charge on any atom is -0.493 e. The summed E-state index contributed by atoms with van der Waals surface area (Å²) in [5, 5.41) is 10.8. The molecule has 0 aliphatic rings. The van der Waals surface area contributed by atoms with E-state index in [0.717, 1.165) is 5.56 Å². The fraction of sp³-hybridized carbons (Fsp3) is 0.211. The van der Waals surface area contributed by atoms with Crippen LogP contribution in [0.15, 0.2) is 48.7 Å². The number of ether oxygens (including phenoxy) is 2. The van der Waals surface area contributed by atoms with Gasteiger partial charge in [0.2, 0.25) is 5.91 Å². The van der Waals surface area contributed by atoms with Crippen LogP contribution < -0.4 is 14.8 Å². The molecule has 0 aliphatic heterocycles. The van der Waals surface area contributed by atoms with E-state index >= 15 is 0 Å². The zero-order chi connectivity index (χ0) is 19.2. The zero-order valence-corrected chi connectivity index (χ0v) is 15.0. The lowest BCUT2D eigenvalue weighted by molar-refractivity contribution is -0.115. The van der Waals surface area contributed by atoms with Crippen LogP contribution in [0, 0.1) is 5.82 Å². The number of methoxy groups -OCH3 is 2. The number of hydrogen-bond acceptors (Lipinski definition) is 5. The lowest BCUT2D eigenvalue weighted by atomic mass is 10.2. The van der Waals surface area contributed by atoms with Crippen molar-refractivity contribution in [2.24, 2.45) is 0 Å². The number of carbonyl (C=O) groups is 1. The maximum Gasteiger partial charge on any atom is 0.230 e. The summed E-state index contributed by atoms with van der Waals surface area (Å²) in [6.45, 7) is 0.449. The van der Waals surface area contributed by atoms with Crippen LogP contribution >= 0.6 is 0 Å². The van der Waals surface area contributed by atoms with Crippen LogP contribution in [0.25, 0.3) is 0 Å². The van der Waals surface area contributed by atoms with Crippen molar-refractivity contribution in [2.75, 3.05) is 19.5 Å². The molecule has 0 saturated carbocycles. The van der Waals surface area contributed by atoms with E-state index in [0.29, 0.717) is 29.4 Å². The average molecular weight is 370 g/mol. The summed E-state index contributed by atoms with van der Waals surface area (Å²) in [4.78, 5) is 12.2. The number of amides is 1. The molecule has 7 nitrogen and oxygen atoms in total. The molecule has 0 radical (unpaired) electrons. The maximum absolute atomic E-state index is 12.9. The molecule has 0 fully saturated rings. The number of hydrogen-bond donors (Lipinski definition) is 1. The molecule has 1 N–H and O–H groups in total. The highest BCUT2D eigenvalue weighted by molar-refractivity contribution is 5.92. The molecule has 0 unspecified atom stereocenters. The number of nitrogens with zero attached hydrogens (tertiary/aromatic N) is 3. The van der Waals surface area contributed by atoms with Crippen LogP contribution in [-0.2, 0) is 17.8 Å². The van der Waals surface area contributed by atoms with Gasteiger partial charge in [0.05, 0.1) is 32.9 Å². The minimum atomic E-state index is -0.287. The topological polar surface area (TPSA) is 78.3 Å². The van der Waals surface area contributed by atoms with Crippen molar-refractivity contribution in [3.05, 3.63) is 65.7 Å². The third kappa shape index (κ3) is 4.81. The second kappa shape index (κ2) is 8.31. The van der Waals surface area contributed by atoms with Gasteiger partial charge in [-0.25, -0.2) is 9.07 Å². The van der Waals surface area contributed by atoms with E-state index in [9.17, 15) is 9.18 Å². The Balaban J connectivity index is 1.60. The highest BCUT2D eigenvalue weighted by atomic mass is 19.1. The van der Waals surface area contributed by atoms with Crippen molar-refractivity contribution in [3.63, 3.8) is 0 Å². The van der Waals surface area contributed by atoms with Crippen molar-refractivity contribution in [1.82, 2.24) is 15.0 Å². The summed E-state index contributed by atoms with van der Waals surface area (Å²) >= 11 is 0. The third-order valence-corrected chi connectivity index (χ3v) is 3.85. The number of benzene rings is 2. The van der Waals surface area contributed by atoms with Gasteiger partial charge in [-0.15, -0.1) is 5.10 Å². The Kier molecular flexibility index (Phi) is 5.65. The summed E-state index contributed by atoms with van der Waals surface area (Å²) in [7, 11) is 3.08. The molecule has 0 bridgehead atoms. The summed E-state index contributed by atoms with van der Waals surface area (Å²) < 4.78 is 24.9. The largest absolute Gasteiger partial charge is 0.493 e. The number of carbonyl (C=O) groups excluding carboxylic acids is 1. The van der Waals surface area contributed by atoms with E-state index in [-0.39, 0.29) is 18.1 Å². The summed E-state index contributed by atoms with van der Waals surface area (Å²) in [5.41, 5.74) is 2.02. The molecular formula is C19H19FN4O3. The number of rotatable bonds is 7. The quantitative estimate of drug-likeness (QED) is 0.692. The van der Waals surface area contributed by atoms with Crippen molar-refractivity contribution in [2.45, 2.75) is 13.0 Å². The Morgan fingerprint density at radius 3 is 2.56 bits per heavy atom. The zero-order valence-electron chi connectivity index (χ0n) is 15.0. The van der Waals surface area contributed by atoms with Crippen LogP contribution in [-0.4, -0.2) is 35.1 Å². The fourth-order valence-electron chi connectivity index (χ4n) is 2.56. The minimum absolute atomic E-state index is 0.0811. The Hall–Kier alpha value is -3.42. The molecule has 1 heterocycles. The lowest BCUT2D eigenvalue weighted by Crippen LogP contribution is -2.14. The van der Waals surface area contributed by atoms with E-state index in [2.05, 4.69) is 15.6 Å². The van der Waals surface area contributed by atoms with Crippen molar-refractivity contribution in [1.29, 1.82) is 0 Å². The smallest absolute Gasteiger partial charge is 0.230 e. The molecule has 0 aliphatic carbocycles. The summed E-state index contributed by atoms with van der Waals surface area (Å²) in [6.07, 6.45) is 1.77. The molecule has 0 spiro atoms. The molecule has 140 valence electrons. The Morgan fingerprint density at radius 1 is 1.11 bits per heavy atom. The normalized spacial score (nSPS) is 10.5. The first-order valence-corrected chi connectivity index (χ1v) is 8.22.